The molecule has 2 nitrogen and oxygen atoms in total. The van der Waals surface area contributed by atoms with Crippen LogP contribution in [-0.4, -0.2) is 9.38 Å². The average Bonchev–Trinajstić information content (AvgIpc) is 2.46. The van der Waals surface area contributed by atoms with Gasteiger partial charge in [-0.3, -0.25) is 4.40 Å². The number of hydrogen-bond acceptors (Lipinski definition) is 1. The van der Waals surface area contributed by atoms with Crippen LogP contribution in [-0.2, 0) is 6.42 Å². The van der Waals surface area contributed by atoms with E-state index in [0.717, 1.165) is 18.5 Å². The molecule has 0 fully saturated rings. The molecule has 0 aliphatic carbocycles. The highest BCUT2D eigenvalue weighted by Crippen LogP contribution is 2.15. The molecule has 0 aliphatic rings. The van der Waals surface area contributed by atoms with Crippen LogP contribution in [0.1, 0.15) is 19.0 Å². The van der Waals surface area contributed by atoms with E-state index in [9.17, 15) is 0 Å². The Morgan fingerprint density at radius 1 is 1.46 bits per heavy atom. The van der Waals surface area contributed by atoms with Crippen molar-refractivity contribution in [1.29, 1.82) is 0 Å². The van der Waals surface area contributed by atoms with Gasteiger partial charge in [-0.15, -0.1) is 0 Å². The molecular weight excluding hydrogens is 275 g/mol. The summed E-state index contributed by atoms with van der Waals surface area (Å²) in [7, 11) is 0. The third-order valence-electron chi connectivity index (χ3n) is 2.02. The van der Waals surface area contributed by atoms with Crippen LogP contribution in [0.4, 0.5) is 0 Å². The molecule has 2 aromatic heterocycles. The molecule has 0 saturated carbocycles. The summed E-state index contributed by atoms with van der Waals surface area (Å²) in [4.78, 5) is 4.56. The van der Waals surface area contributed by atoms with Gasteiger partial charge in [0.2, 0.25) is 0 Å². The molecule has 0 unspecified atom stereocenters. The van der Waals surface area contributed by atoms with Gasteiger partial charge < -0.3 is 0 Å². The zero-order valence-electron chi connectivity index (χ0n) is 7.50. The number of halogens is 1. The molecule has 3 heteroatoms. The number of pyridine rings is 1. The van der Waals surface area contributed by atoms with Gasteiger partial charge in [-0.1, -0.05) is 19.4 Å². The van der Waals surface area contributed by atoms with Crippen molar-refractivity contribution in [2.24, 2.45) is 0 Å². The normalized spacial score (nSPS) is 10.9. The Bertz CT molecular complexity index is 420. The number of aryl methyl sites for hydroxylation is 1. The maximum atomic E-state index is 4.56. The van der Waals surface area contributed by atoms with E-state index in [1.807, 2.05) is 18.2 Å². The van der Waals surface area contributed by atoms with Crippen LogP contribution in [0, 0.1) is 3.70 Å². The number of aromatic nitrogens is 2. The van der Waals surface area contributed by atoms with Crippen molar-refractivity contribution < 1.29 is 0 Å². The van der Waals surface area contributed by atoms with Crippen LogP contribution in [0.2, 0.25) is 0 Å². The van der Waals surface area contributed by atoms with E-state index in [1.165, 1.54) is 9.39 Å². The summed E-state index contributed by atoms with van der Waals surface area (Å²) in [5, 5.41) is 0. The zero-order valence-corrected chi connectivity index (χ0v) is 9.65. The summed E-state index contributed by atoms with van der Waals surface area (Å²) < 4.78 is 3.38. The number of imidazole rings is 1. The monoisotopic (exact) mass is 286 g/mol. The average molecular weight is 286 g/mol. The smallest absolute Gasteiger partial charge is 0.137 e. The molecule has 2 aromatic rings. The molecule has 0 atom stereocenters. The van der Waals surface area contributed by atoms with Crippen molar-refractivity contribution in [3.63, 3.8) is 0 Å². The second-order valence-corrected chi connectivity index (χ2v) is 4.05. The lowest BCUT2D eigenvalue weighted by Gasteiger charge is -1.93. The largest absolute Gasteiger partial charge is 0.295 e. The van der Waals surface area contributed by atoms with Crippen molar-refractivity contribution in [3.05, 3.63) is 33.8 Å². The fraction of sp³-hybridized carbons (Fsp3) is 0.300. The van der Waals surface area contributed by atoms with Crippen molar-refractivity contribution >= 4 is 28.2 Å². The SMILES string of the molecule is CCCc1nc2ccccn2c1I. The highest BCUT2D eigenvalue weighted by atomic mass is 127. The Morgan fingerprint density at radius 3 is 3.00 bits per heavy atom. The minimum absolute atomic E-state index is 1.05. The number of hydrogen-bond donors (Lipinski definition) is 0. The Morgan fingerprint density at radius 2 is 2.31 bits per heavy atom. The summed E-state index contributed by atoms with van der Waals surface area (Å²) in [6, 6.07) is 6.10. The third kappa shape index (κ3) is 1.57. The molecular formula is C10H11IN2. The second-order valence-electron chi connectivity index (χ2n) is 3.03. The molecule has 0 spiro atoms. The fourth-order valence-corrected chi connectivity index (χ4v) is 2.21. The van der Waals surface area contributed by atoms with Gasteiger partial charge in [-0.2, -0.15) is 0 Å². The lowest BCUT2D eigenvalue weighted by atomic mass is 10.3. The lowest BCUT2D eigenvalue weighted by Crippen LogP contribution is -1.88. The Labute approximate surface area is 91.1 Å². The van der Waals surface area contributed by atoms with Crippen LogP contribution in [0.25, 0.3) is 5.65 Å². The van der Waals surface area contributed by atoms with Crippen LogP contribution in [0.15, 0.2) is 24.4 Å². The molecule has 0 amide bonds. The summed E-state index contributed by atoms with van der Waals surface area (Å²) in [6.07, 6.45) is 4.28. The standard InChI is InChI=1S/C10H11IN2/c1-2-5-8-10(11)13-7-4-3-6-9(13)12-8/h3-4,6-7H,2,5H2,1H3. The minimum atomic E-state index is 1.05. The van der Waals surface area contributed by atoms with Crippen LogP contribution in [0.3, 0.4) is 0 Å². The highest BCUT2D eigenvalue weighted by Gasteiger charge is 2.06. The van der Waals surface area contributed by atoms with E-state index >= 15 is 0 Å². The molecule has 13 heavy (non-hydrogen) atoms. The summed E-state index contributed by atoms with van der Waals surface area (Å²) in [6.45, 7) is 2.18. The van der Waals surface area contributed by atoms with E-state index in [-0.39, 0.29) is 0 Å². The molecule has 68 valence electrons. The number of fused-ring (bicyclic) bond motifs is 1. The Kier molecular flexibility index (Phi) is 2.53. The predicted molar refractivity (Wildman–Crippen MR) is 61.9 cm³/mol. The first kappa shape index (κ1) is 8.99. The minimum Gasteiger partial charge on any atom is -0.295 e. The molecule has 2 heterocycles. The van der Waals surface area contributed by atoms with Crippen molar-refractivity contribution in [1.82, 2.24) is 9.38 Å². The quantitative estimate of drug-likeness (QED) is 0.776. The zero-order chi connectivity index (χ0) is 9.26. The molecule has 0 aliphatic heterocycles. The third-order valence-corrected chi connectivity index (χ3v) is 3.17. The van der Waals surface area contributed by atoms with Gasteiger partial charge in [0, 0.05) is 6.20 Å². The van der Waals surface area contributed by atoms with Crippen LogP contribution < -0.4 is 0 Å². The predicted octanol–water partition coefficient (Wildman–Crippen LogP) is 2.89. The summed E-state index contributed by atoms with van der Waals surface area (Å²) in [5.41, 5.74) is 2.27. The maximum absolute atomic E-state index is 4.56. The van der Waals surface area contributed by atoms with E-state index in [1.54, 1.807) is 0 Å². The molecule has 0 saturated heterocycles. The highest BCUT2D eigenvalue weighted by molar-refractivity contribution is 14.1. The first-order valence-corrected chi connectivity index (χ1v) is 5.52. The molecule has 0 radical (unpaired) electrons. The molecule has 0 N–H and O–H groups in total. The van der Waals surface area contributed by atoms with E-state index in [2.05, 4.69) is 45.1 Å². The first-order valence-electron chi connectivity index (χ1n) is 4.44. The molecule has 0 aromatic carbocycles. The second kappa shape index (κ2) is 3.65. The first-order chi connectivity index (χ1) is 6.33. The van der Waals surface area contributed by atoms with Crippen molar-refractivity contribution in [3.8, 4) is 0 Å². The fourth-order valence-electron chi connectivity index (χ4n) is 1.41. The topological polar surface area (TPSA) is 17.3 Å². The lowest BCUT2D eigenvalue weighted by molar-refractivity contribution is 0.886. The van der Waals surface area contributed by atoms with Gasteiger partial charge in [0.15, 0.2) is 0 Å². The van der Waals surface area contributed by atoms with Gasteiger partial charge in [-0.25, -0.2) is 4.98 Å². The van der Waals surface area contributed by atoms with Crippen molar-refractivity contribution in [2.45, 2.75) is 19.8 Å². The van der Waals surface area contributed by atoms with Gasteiger partial charge in [0.1, 0.15) is 9.35 Å². The van der Waals surface area contributed by atoms with Crippen molar-refractivity contribution in [2.75, 3.05) is 0 Å². The number of rotatable bonds is 2. The Hall–Kier alpha value is -0.580. The summed E-state index contributed by atoms with van der Waals surface area (Å²) >= 11 is 2.36. The van der Waals surface area contributed by atoms with Gasteiger partial charge in [0.05, 0.1) is 5.69 Å². The molecule has 0 bridgehead atoms. The Balaban J connectivity index is 2.60. The van der Waals surface area contributed by atoms with Gasteiger partial charge >= 0.3 is 0 Å². The van der Waals surface area contributed by atoms with Gasteiger partial charge in [-0.05, 0) is 41.1 Å². The van der Waals surface area contributed by atoms with E-state index in [4.69, 9.17) is 0 Å². The maximum Gasteiger partial charge on any atom is 0.137 e. The van der Waals surface area contributed by atoms with Gasteiger partial charge in [0.25, 0.3) is 0 Å². The van der Waals surface area contributed by atoms with Crippen LogP contribution >= 0.6 is 22.6 Å². The van der Waals surface area contributed by atoms with E-state index in [0.29, 0.717) is 0 Å². The van der Waals surface area contributed by atoms with Crippen LogP contribution in [0.5, 0.6) is 0 Å². The summed E-state index contributed by atoms with van der Waals surface area (Å²) in [5.74, 6) is 0. The van der Waals surface area contributed by atoms with E-state index < -0.39 is 0 Å². The number of nitrogens with zero attached hydrogens (tertiary/aromatic N) is 2. The molecule has 2 rings (SSSR count).